The van der Waals surface area contributed by atoms with Gasteiger partial charge in [-0.05, 0) is 42.5 Å². The zero-order chi connectivity index (χ0) is 23.9. The number of pyridine rings is 1. The fourth-order valence-corrected chi connectivity index (χ4v) is 2.65. The van der Waals surface area contributed by atoms with Gasteiger partial charge in [0.05, 0.1) is 17.5 Å². The van der Waals surface area contributed by atoms with E-state index in [-0.39, 0.29) is 16.5 Å². The average molecular weight is 493 g/mol. The maximum atomic E-state index is 13.0. The molecule has 6 N–H and O–H groups in total. The number of benzene rings is 1. The number of hydrogen-bond acceptors (Lipinski definition) is 7. The van der Waals surface area contributed by atoms with E-state index < -0.39 is 43.6 Å². The number of phosphoric acid groups is 1. The van der Waals surface area contributed by atoms with Crippen LogP contribution in [0.1, 0.15) is 16.8 Å². The molecule has 0 saturated heterocycles. The van der Waals surface area contributed by atoms with Crippen molar-refractivity contribution < 1.29 is 41.6 Å². The van der Waals surface area contributed by atoms with Gasteiger partial charge in [-0.2, -0.15) is 18.3 Å². The van der Waals surface area contributed by atoms with Gasteiger partial charge in [-0.25, -0.2) is 9.36 Å². The molecule has 0 radical (unpaired) electrons. The van der Waals surface area contributed by atoms with Gasteiger partial charge < -0.3 is 15.0 Å². The van der Waals surface area contributed by atoms with Crippen LogP contribution >= 0.6 is 20.0 Å². The summed E-state index contributed by atoms with van der Waals surface area (Å²) in [6.45, 7) is -0.794. The van der Waals surface area contributed by atoms with Crippen molar-refractivity contribution in [2.45, 2.75) is 12.8 Å². The van der Waals surface area contributed by atoms with Crippen molar-refractivity contribution in [1.82, 2.24) is 10.4 Å². The number of ether oxygens (including phenoxy) is 1. The van der Waals surface area contributed by atoms with E-state index in [1.165, 1.54) is 24.5 Å². The van der Waals surface area contributed by atoms with E-state index in [0.717, 1.165) is 0 Å². The topological polar surface area (TPSA) is 168 Å². The minimum Gasteiger partial charge on any atom is -0.444 e. The Bertz CT molecular complexity index is 1080. The third-order valence-corrected chi connectivity index (χ3v) is 3.93. The highest BCUT2D eigenvalue weighted by atomic mass is 32.1. The lowest BCUT2D eigenvalue weighted by molar-refractivity contribution is -0.137. The normalized spacial score (nSPS) is 11.8. The van der Waals surface area contributed by atoms with Gasteiger partial charge in [-0.1, -0.05) is 0 Å². The van der Waals surface area contributed by atoms with Gasteiger partial charge in [0, 0.05) is 11.8 Å². The predicted molar refractivity (Wildman–Crippen MR) is 110 cm³/mol. The van der Waals surface area contributed by atoms with Crippen LogP contribution in [0.5, 0.6) is 5.75 Å². The first-order valence-corrected chi connectivity index (χ1v) is 10.2. The number of rotatable bonds is 7. The minimum atomic E-state index is -5.08. The number of thiocarbonyl (C=S) groups is 1. The Morgan fingerprint density at radius 3 is 2.69 bits per heavy atom. The first-order chi connectivity index (χ1) is 14.8. The molecule has 0 atom stereocenters. The average Bonchev–Trinajstić information content (AvgIpc) is 2.66. The van der Waals surface area contributed by atoms with Crippen LogP contribution in [0.4, 0.5) is 23.7 Å². The first-order valence-electron chi connectivity index (χ1n) is 8.28. The lowest BCUT2D eigenvalue weighted by Gasteiger charge is -2.15. The van der Waals surface area contributed by atoms with E-state index in [9.17, 15) is 22.5 Å². The van der Waals surface area contributed by atoms with Crippen molar-refractivity contribution in [3.63, 3.8) is 0 Å². The van der Waals surface area contributed by atoms with Crippen LogP contribution in [0.15, 0.2) is 41.6 Å². The van der Waals surface area contributed by atoms with Crippen LogP contribution in [0.25, 0.3) is 0 Å². The third kappa shape index (κ3) is 8.11. The summed E-state index contributed by atoms with van der Waals surface area (Å²) in [5.74, 6) is -0.586. The second-order valence-corrected chi connectivity index (χ2v) is 7.38. The number of hydrogen-bond donors (Lipinski definition) is 5. The van der Waals surface area contributed by atoms with E-state index in [0.29, 0.717) is 18.2 Å². The largest absolute Gasteiger partial charge is 0.524 e. The molecule has 16 heteroatoms. The standard InChI is InChI=1S/C16H15F3N5O6PS/c17-16(18,19)10-3-4-13(30-31(26,27)28)9(6-10)8-29-15(25)23-11-2-1-5-21-12(11)7-22-24-14(20)32/h1-7H,8H2,(H,23,25)(H3,20,24,32)(H2,26,27,28). The number of carbonyl (C=O) groups excluding carboxylic acids is 1. The first kappa shape index (κ1) is 25.0. The van der Waals surface area contributed by atoms with Gasteiger partial charge in [0.1, 0.15) is 18.1 Å². The number of halogens is 3. The van der Waals surface area contributed by atoms with Crippen molar-refractivity contribution in [1.29, 1.82) is 0 Å². The van der Waals surface area contributed by atoms with Gasteiger partial charge in [0.2, 0.25) is 0 Å². The molecule has 172 valence electrons. The van der Waals surface area contributed by atoms with Crippen molar-refractivity contribution in [2.75, 3.05) is 5.32 Å². The summed E-state index contributed by atoms with van der Waals surface area (Å²) in [7, 11) is -5.08. The van der Waals surface area contributed by atoms with Crippen LogP contribution in [-0.2, 0) is 22.1 Å². The molecule has 0 saturated carbocycles. The highest BCUT2D eigenvalue weighted by molar-refractivity contribution is 7.80. The molecular weight excluding hydrogens is 478 g/mol. The number of nitrogens with zero attached hydrogens (tertiary/aromatic N) is 2. The Kier molecular flexibility index (Phi) is 8.10. The molecule has 0 fully saturated rings. The molecular formula is C16H15F3N5O6PS. The quantitative estimate of drug-likeness (QED) is 0.167. The number of hydrazone groups is 1. The van der Waals surface area contributed by atoms with E-state index in [1.54, 1.807) is 0 Å². The SMILES string of the molecule is NC(=S)NN=Cc1ncccc1NC(=O)OCc1cc(C(F)(F)F)ccc1OP(=O)(O)O. The van der Waals surface area contributed by atoms with Crippen LogP contribution in [0, 0.1) is 0 Å². The summed E-state index contributed by atoms with van der Waals surface area (Å²) < 4.78 is 59.2. The number of alkyl halides is 3. The zero-order valence-corrected chi connectivity index (χ0v) is 17.4. The zero-order valence-electron chi connectivity index (χ0n) is 15.7. The second kappa shape index (κ2) is 10.4. The Labute approximate surface area is 183 Å². The number of nitrogens with one attached hydrogen (secondary N) is 2. The fraction of sp³-hybridized carbons (Fsp3) is 0.125. The maximum Gasteiger partial charge on any atom is 0.524 e. The fourth-order valence-electron chi connectivity index (χ4n) is 2.16. The number of carbonyl (C=O) groups is 1. The lowest BCUT2D eigenvalue weighted by Crippen LogP contribution is -2.24. The number of amides is 1. The highest BCUT2D eigenvalue weighted by Gasteiger charge is 2.32. The smallest absolute Gasteiger partial charge is 0.444 e. The highest BCUT2D eigenvalue weighted by Crippen LogP contribution is 2.41. The molecule has 2 rings (SSSR count). The van der Waals surface area contributed by atoms with E-state index in [1.807, 2.05) is 0 Å². The second-order valence-electron chi connectivity index (χ2n) is 5.77. The summed E-state index contributed by atoms with van der Waals surface area (Å²) in [4.78, 5) is 34.0. The molecule has 0 spiro atoms. The van der Waals surface area contributed by atoms with Crippen molar-refractivity contribution in [3.8, 4) is 5.75 Å². The van der Waals surface area contributed by atoms with Gasteiger partial charge in [-0.3, -0.25) is 25.5 Å². The monoisotopic (exact) mass is 493 g/mol. The van der Waals surface area contributed by atoms with Crippen molar-refractivity contribution in [3.05, 3.63) is 53.3 Å². The molecule has 0 aliphatic rings. The molecule has 1 aromatic carbocycles. The molecule has 11 nitrogen and oxygen atoms in total. The molecule has 2 aromatic rings. The molecule has 32 heavy (non-hydrogen) atoms. The minimum absolute atomic E-state index is 0.111. The predicted octanol–water partition coefficient (Wildman–Crippen LogP) is 2.49. The summed E-state index contributed by atoms with van der Waals surface area (Å²) in [6, 6.07) is 4.73. The van der Waals surface area contributed by atoms with E-state index in [2.05, 4.69) is 37.6 Å². The molecule has 0 aliphatic heterocycles. The summed E-state index contributed by atoms with van der Waals surface area (Å²) in [6.07, 6.45) is -3.27. The van der Waals surface area contributed by atoms with Gasteiger partial charge in [-0.15, -0.1) is 0 Å². The number of aromatic nitrogens is 1. The Morgan fingerprint density at radius 2 is 2.06 bits per heavy atom. The molecule has 1 amide bonds. The molecule has 0 unspecified atom stereocenters. The van der Waals surface area contributed by atoms with Crippen LogP contribution in [-0.4, -0.2) is 32.2 Å². The Balaban J connectivity index is 2.16. The van der Waals surface area contributed by atoms with Crippen LogP contribution < -0.4 is 21.0 Å². The summed E-state index contributed by atoms with van der Waals surface area (Å²) in [5.41, 5.74) is 6.25. The molecule has 0 bridgehead atoms. The van der Waals surface area contributed by atoms with Crippen LogP contribution in [0.3, 0.4) is 0 Å². The van der Waals surface area contributed by atoms with Gasteiger partial charge in [0.25, 0.3) is 0 Å². The van der Waals surface area contributed by atoms with Crippen molar-refractivity contribution in [2.24, 2.45) is 10.8 Å². The number of phosphoric ester groups is 1. The molecule has 1 heterocycles. The third-order valence-electron chi connectivity index (χ3n) is 3.40. The molecule has 1 aromatic heterocycles. The molecule has 0 aliphatic carbocycles. The van der Waals surface area contributed by atoms with Crippen molar-refractivity contribution >= 4 is 43.1 Å². The van der Waals surface area contributed by atoms with E-state index >= 15 is 0 Å². The Morgan fingerprint density at radius 1 is 1.34 bits per heavy atom. The number of nitrogens with two attached hydrogens (primary N) is 1. The van der Waals surface area contributed by atoms with Crippen LogP contribution in [0.2, 0.25) is 0 Å². The van der Waals surface area contributed by atoms with Gasteiger partial charge >= 0.3 is 20.1 Å². The lowest BCUT2D eigenvalue weighted by atomic mass is 10.1. The Hall–Kier alpha value is -3.26. The summed E-state index contributed by atoms with van der Waals surface area (Å²) in [5, 5.41) is 5.89. The number of anilines is 1. The van der Waals surface area contributed by atoms with E-state index in [4.69, 9.17) is 20.3 Å². The summed E-state index contributed by atoms with van der Waals surface area (Å²) >= 11 is 4.58. The van der Waals surface area contributed by atoms with Gasteiger partial charge in [0.15, 0.2) is 5.11 Å². The maximum absolute atomic E-state index is 13.0.